The van der Waals surface area contributed by atoms with Gasteiger partial charge in [-0.05, 0) is 50.5 Å². The van der Waals surface area contributed by atoms with Crippen LogP contribution in [0.5, 0.6) is 0 Å². The summed E-state index contributed by atoms with van der Waals surface area (Å²) in [5, 5.41) is 14.5. The summed E-state index contributed by atoms with van der Waals surface area (Å²) in [6.45, 7) is 5.70. The lowest BCUT2D eigenvalue weighted by Crippen LogP contribution is -2.56. The number of nitrogens with one attached hydrogen (secondary N) is 2. The van der Waals surface area contributed by atoms with E-state index >= 15 is 0 Å². The SMILES string of the molecule is CSCCC(N)C(=O)NC(C)C(=O)N1CCCC1C(=O)NC(CC(C)C)C(=O)O. The van der Waals surface area contributed by atoms with Crippen molar-refractivity contribution < 1.29 is 24.3 Å². The van der Waals surface area contributed by atoms with Gasteiger partial charge in [-0.1, -0.05) is 13.8 Å². The van der Waals surface area contributed by atoms with Crippen molar-refractivity contribution in [2.24, 2.45) is 11.7 Å². The molecule has 4 atom stereocenters. The number of aliphatic carboxylic acids is 1. The number of hydrogen-bond acceptors (Lipinski definition) is 6. The van der Waals surface area contributed by atoms with Crippen molar-refractivity contribution in [3.05, 3.63) is 0 Å². The maximum atomic E-state index is 12.8. The lowest BCUT2D eigenvalue weighted by atomic mass is 10.0. The molecule has 0 aromatic heterocycles. The van der Waals surface area contributed by atoms with E-state index in [0.717, 1.165) is 5.75 Å². The molecule has 1 saturated heterocycles. The Hall–Kier alpha value is -1.81. The number of nitrogens with zero attached hydrogens (tertiary/aromatic N) is 1. The van der Waals surface area contributed by atoms with Gasteiger partial charge in [0.1, 0.15) is 18.1 Å². The lowest BCUT2D eigenvalue weighted by Gasteiger charge is -2.28. The number of carboxylic acids is 1. The van der Waals surface area contributed by atoms with Crippen molar-refractivity contribution >= 4 is 35.5 Å². The van der Waals surface area contributed by atoms with Crippen LogP contribution in [0, 0.1) is 5.92 Å². The number of carbonyl (C=O) groups excluding carboxylic acids is 3. The van der Waals surface area contributed by atoms with Crippen molar-refractivity contribution in [2.45, 2.75) is 70.6 Å². The molecule has 4 unspecified atom stereocenters. The Morgan fingerprint density at radius 3 is 2.41 bits per heavy atom. The van der Waals surface area contributed by atoms with Crippen LogP contribution in [0.2, 0.25) is 0 Å². The molecule has 0 aromatic carbocycles. The second-order valence-corrected chi connectivity index (χ2v) is 8.82. The summed E-state index contributed by atoms with van der Waals surface area (Å²) in [6, 6.07) is -3.24. The summed E-state index contributed by atoms with van der Waals surface area (Å²) in [7, 11) is 0. The molecule has 1 fully saturated rings. The quantitative estimate of drug-likeness (QED) is 0.366. The molecule has 5 N–H and O–H groups in total. The Bertz CT molecular complexity index is 601. The smallest absolute Gasteiger partial charge is 0.326 e. The van der Waals surface area contributed by atoms with Crippen LogP contribution in [0.3, 0.4) is 0 Å². The predicted octanol–water partition coefficient (Wildman–Crippen LogP) is 0.178. The minimum atomic E-state index is -1.09. The van der Waals surface area contributed by atoms with Crippen LogP contribution in [-0.4, -0.2) is 76.4 Å². The van der Waals surface area contributed by atoms with Crippen molar-refractivity contribution in [3.8, 4) is 0 Å². The van der Waals surface area contributed by atoms with E-state index in [2.05, 4.69) is 10.6 Å². The molecule has 0 aliphatic carbocycles. The van der Waals surface area contributed by atoms with Gasteiger partial charge in [-0.2, -0.15) is 11.8 Å². The molecule has 1 heterocycles. The molecule has 0 bridgehead atoms. The summed E-state index contributed by atoms with van der Waals surface area (Å²) in [5.74, 6) is -1.50. The first-order chi connectivity index (χ1) is 13.6. The number of hydrogen-bond donors (Lipinski definition) is 4. The molecular weight excluding hydrogens is 396 g/mol. The molecule has 0 spiro atoms. The monoisotopic (exact) mass is 430 g/mol. The van der Waals surface area contributed by atoms with Crippen LogP contribution >= 0.6 is 11.8 Å². The first-order valence-electron chi connectivity index (χ1n) is 9.97. The Morgan fingerprint density at radius 1 is 1.21 bits per heavy atom. The third-order valence-corrected chi connectivity index (χ3v) is 5.50. The molecule has 29 heavy (non-hydrogen) atoms. The summed E-state index contributed by atoms with van der Waals surface area (Å²) >= 11 is 1.59. The third kappa shape index (κ3) is 7.85. The zero-order valence-electron chi connectivity index (χ0n) is 17.6. The van der Waals surface area contributed by atoms with E-state index in [9.17, 15) is 24.3 Å². The van der Waals surface area contributed by atoms with Gasteiger partial charge in [0.05, 0.1) is 6.04 Å². The Kier molecular flexibility index (Phi) is 10.5. The Balaban J connectivity index is 2.71. The van der Waals surface area contributed by atoms with Crippen molar-refractivity contribution in [2.75, 3.05) is 18.6 Å². The predicted molar refractivity (Wildman–Crippen MR) is 112 cm³/mol. The van der Waals surface area contributed by atoms with Gasteiger partial charge in [0.15, 0.2) is 0 Å². The second kappa shape index (κ2) is 12.0. The molecule has 166 valence electrons. The molecule has 0 aromatic rings. The van der Waals surface area contributed by atoms with Crippen LogP contribution in [0.15, 0.2) is 0 Å². The molecule has 1 rings (SSSR count). The highest BCUT2D eigenvalue weighted by Crippen LogP contribution is 2.19. The third-order valence-electron chi connectivity index (χ3n) is 4.86. The highest BCUT2D eigenvalue weighted by molar-refractivity contribution is 7.98. The fraction of sp³-hybridized carbons (Fsp3) is 0.789. The number of likely N-dealkylation sites (tertiary alicyclic amines) is 1. The average molecular weight is 431 g/mol. The molecule has 10 heteroatoms. The molecule has 1 aliphatic heterocycles. The first kappa shape index (κ1) is 25.2. The van der Waals surface area contributed by atoms with E-state index in [0.29, 0.717) is 32.2 Å². The normalized spacial score (nSPS) is 19.5. The van der Waals surface area contributed by atoms with Gasteiger partial charge in [0, 0.05) is 6.54 Å². The number of nitrogens with two attached hydrogens (primary N) is 1. The number of thioether (sulfide) groups is 1. The highest BCUT2D eigenvalue weighted by atomic mass is 32.2. The molecule has 1 aliphatic rings. The number of carbonyl (C=O) groups is 4. The first-order valence-corrected chi connectivity index (χ1v) is 11.4. The average Bonchev–Trinajstić information content (AvgIpc) is 3.13. The minimum Gasteiger partial charge on any atom is -0.480 e. The maximum Gasteiger partial charge on any atom is 0.326 e. The summed E-state index contributed by atoms with van der Waals surface area (Å²) < 4.78 is 0. The van der Waals surface area contributed by atoms with E-state index < -0.39 is 42.0 Å². The summed E-state index contributed by atoms with van der Waals surface area (Å²) in [6.07, 6.45) is 3.84. The Morgan fingerprint density at radius 2 is 1.86 bits per heavy atom. The van der Waals surface area contributed by atoms with Gasteiger partial charge in [0.2, 0.25) is 17.7 Å². The molecule has 3 amide bonds. The largest absolute Gasteiger partial charge is 0.480 e. The van der Waals surface area contributed by atoms with E-state index in [-0.39, 0.29) is 11.8 Å². The van der Waals surface area contributed by atoms with Crippen molar-refractivity contribution in [1.82, 2.24) is 15.5 Å². The zero-order valence-corrected chi connectivity index (χ0v) is 18.5. The van der Waals surface area contributed by atoms with Crippen LogP contribution in [-0.2, 0) is 19.2 Å². The van der Waals surface area contributed by atoms with Crippen molar-refractivity contribution in [3.63, 3.8) is 0 Å². The zero-order chi connectivity index (χ0) is 22.1. The van der Waals surface area contributed by atoms with Crippen LogP contribution in [0.25, 0.3) is 0 Å². The maximum absolute atomic E-state index is 12.8. The molecular formula is C19H34N4O5S. The van der Waals surface area contributed by atoms with E-state index in [1.807, 2.05) is 20.1 Å². The number of carboxylic acid groups (broad SMARTS) is 1. The topological polar surface area (TPSA) is 142 Å². The van der Waals surface area contributed by atoms with E-state index in [1.165, 1.54) is 4.90 Å². The standard InChI is InChI=1S/C19H34N4O5S/c1-11(2)10-14(19(27)28)22-17(25)15-6-5-8-23(15)18(26)12(3)21-16(24)13(20)7-9-29-4/h11-15H,5-10,20H2,1-4H3,(H,21,24)(H,22,25)(H,27,28). The van der Waals surface area contributed by atoms with Crippen LogP contribution < -0.4 is 16.4 Å². The molecule has 0 saturated carbocycles. The Labute approximate surface area is 176 Å². The summed E-state index contributed by atoms with van der Waals surface area (Å²) in [4.78, 5) is 50.4. The fourth-order valence-electron chi connectivity index (χ4n) is 3.27. The van der Waals surface area contributed by atoms with Gasteiger partial charge in [-0.3, -0.25) is 14.4 Å². The minimum absolute atomic E-state index is 0.100. The highest BCUT2D eigenvalue weighted by Gasteiger charge is 2.38. The van der Waals surface area contributed by atoms with Gasteiger partial charge in [0.25, 0.3) is 0 Å². The van der Waals surface area contributed by atoms with Crippen molar-refractivity contribution in [1.29, 1.82) is 0 Å². The van der Waals surface area contributed by atoms with Crippen LogP contribution in [0.1, 0.15) is 46.5 Å². The number of amides is 3. The van der Waals surface area contributed by atoms with Crippen LogP contribution in [0.4, 0.5) is 0 Å². The van der Waals surface area contributed by atoms with Gasteiger partial charge in [-0.15, -0.1) is 0 Å². The lowest BCUT2D eigenvalue weighted by molar-refractivity contribution is -0.145. The van der Waals surface area contributed by atoms with Gasteiger partial charge in [-0.25, -0.2) is 4.79 Å². The summed E-state index contributed by atoms with van der Waals surface area (Å²) in [5.41, 5.74) is 5.83. The van der Waals surface area contributed by atoms with Gasteiger partial charge < -0.3 is 26.4 Å². The second-order valence-electron chi connectivity index (χ2n) is 7.84. The fourth-order valence-corrected chi connectivity index (χ4v) is 3.76. The molecule has 9 nitrogen and oxygen atoms in total. The molecule has 0 radical (unpaired) electrons. The van der Waals surface area contributed by atoms with E-state index in [1.54, 1.807) is 18.7 Å². The van der Waals surface area contributed by atoms with Gasteiger partial charge >= 0.3 is 5.97 Å². The number of rotatable bonds is 11. The van der Waals surface area contributed by atoms with E-state index in [4.69, 9.17) is 5.73 Å².